The fourth-order valence-corrected chi connectivity index (χ4v) is 2.86. The van der Waals surface area contributed by atoms with Crippen LogP contribution in [-0.2, 0) is 6.42 Å². The summed E-state index contributed by atoms with van der Waals surface area (Å²) in [5.41, 5.74) is 9.11. The molecule has 1 aliphatic rings. The van der Waals surface area contributed by atoms with Gasteiger partial charge in [-0.15, -0.1) is 0 Å². The minimum Gasteiger partial charge on any atom is -0.383 e. The summed E-state index contributed by atoms with van der Waals surface area (Å²) in [5, 5.41) is 4.46. The van der Waals surface area contributed by atoms with Crippen molar-refractivity contribution in [2.75, 3.05) is 5.73 Å². The van der Waals surface area contributed by atoms with E-state index in [1.807, 2.05) is 17.7 Å². The number of halogens is 2. The van der Waals surface area contributed by atoms with Gasteiger partial charge in [0.05, 0.1) is 16.2 Å². The largest absolute Gasteiger partial charge is 0.383 e. The molecule has 1 aromatic carbocycles. The lowest BCUT2D eigenvalue weighted by atomic mass is 10.1. The molecule has 0 fully saturated rings. The number of fused-ring (bicyclic) bond motifs is 1. The van der Waals surface area contributed by atoms with Crippen LogP contribution in [0.5, 0.6) is 0 Å². The maximum Gasteiger partial charge on any atom is 0.137 e. The molecule has 18 heavy (non-hydrogen) atoms. The summed E-state index contributed by atoms with van der Waals surface area (Å²) in [5.74, 6) is 0.454. The standard InChI is InChI=1S/C13H13BrFN3/c1-7-12(14)13(16)18(17-7)11-5-2-8-6-9(15)3-4-10(8)11/h3-4,6,11H,2,5,16H2,1H3. The molecular weight excluding hydrogens is 297 g/mol. The van der Waals surface area contributed by atoms with E-state index >= 15 is 0 Å². The van der Waals surface area contributed by atoms with Crippen molar-refractivity contribution in [3.05, 3.63) is 45.3 Å². The Labute approximate surface area is 113 Å². The van der Waals surface area contributed by atoms with Gasteiger partial charge in [0.2, 0.25) is 0 Å². The highest BCUT2D eigenvalue weighted by atomic mass is 79.9. The molecule has 3 rings (SSSR count). The number of hydrogen-bond donors (Lipinski definition) is 1. The summed E-state index contributed by atoms with van der Waals surface area (Å²) in [7, 11) is 0. The number of benzene rings is 1. The number of aryl methyl sites for hydroxylation is 2. The highest BCUT2D eigenvalue weighted by molar-refractivity contribution is 9.10. The van der Waals surface area contributed by atoms with Crippen LogP contribution < -0.4 is 5.73 Å². The molecule has 0 saturated heterocycles. The Hall–Kier alpha value is -1.36. The third kappa shape index (κ3) is 1.65. The first-order chi connectivity index (χ1) is 8.58. The topological polar surface area (TPSA) is 43.8 Å². The molecule has 0 saturated carbocycles. The van der Waals surface area contributed by atoms with Crippen molar-refractivity contribution in [1.29, 1.82) is 0 Å². The fraction of sp³-hybridized carbons (Fsp3) is 0.308. The predicted molar refractivity (Wildman–Crippen MR) is 71.9 cm³/mol. The molecule has 1 unspecified atom stereocenters. The molecule has 1 aliphatic carbocycles. The molecule has 3 nitrogen and oxygen atoms in total. The highest BCUT2D eigenvalue weighted by Crippen LogP contribution is 2.37. The third-order valence-electron chi connectivity index (χ3n) is 3.49. The zero-order chi connectivity index (χ0) is 12.9. The quantitative estimate of drug-likeness (QED) is 0.879. The minimum atomic E-state index is -0.180. The van der Waals surface area contributed by atoms with Crippen molar-refractivity contribution in [1.82, 2.24) is 9.78 Å². The van der Waals surface area contributed by atoms with Gasteiger partial charge in [-0.3, -0.25) is 0 Å². The van der Waals surface area contributed by atoms with Crippen molar-refractivity contribution in [2.24, 2.45) is 0 Å². The Morgan fingerprint density at radius 1 is 1.50 bits per heavy atom. The van der Waals surface area contributed by atoms with Gasteiger partial charge < -0.3 is 5.73 Å². The SMILES string of the molecule is Cc1nn(C2CCc3cc(F)ccc32)c(N)c1Br. The number of aromatic nitrogens is 2. The number of anilines is 1. The Kier molecular flexibility index (Phi) is 2.66. The molecule has 0 aliphatic heterocycles. The van der Waals surface area contributed by atoms with E-state index < -0.39 is 0 Å². The molecule has 1 atom stereocenters. The van der Waals surface area contributed by atoms with Crippen LogP contribution in [0, 0.1) is 12.7 Å². The third-order valence-corrected chi connectivity index (χ3v) is 4.47. The molecule has 2 N–H and O–H groups in total. The molecule has 2 aromatic rings. The number of nitrogens with two attached hydrogens (primary N) is 1. The van der Waals surface area contributed by atoms with Gasteiger partial charge in [0.25, 0.3) is 0 Å². The van der Waals surface area contributed by atoms with Crippen molar-refractivity contribution >= 4 is 21.7 Å². The average molecular weight is 310 g/mol. The van der Waals surface area contributed by atoms with E-state index in [0.29, 0.717) is 5.82 Å². The second-order valence-electron chi connectivity index (χ2n) is 4.63. The molecule has 1 heterocycles. The maximum absolute atomic E-state index is 13.2. The van der Waals surface area contributed by atoms with Crippen molar-refractivity contribution in [2.45, 2.75) is 25.8 Å². The van der Waals surface area contributed by atoms with Gasteiger partial charge in [0, 0.05) is 0 Å². The van der Waals surface area contributed by atoms with Gasteiger partial charge in [-0.1, -0.05) is 6.07 Å². The fourth-order valence-electron chi connectivity index (χ4n) is 2.60. The second kappa shape index (κ2) is 4.09. The maximum atomic E-state index is 13.2. The molecule has 1 aromatic heterocycles. The molecule has 5 heteroatoms. The van der Waals surface area contributed by atoms with Crippen LogP contribution in [0.25, 0.3) is 0 Å². The summed E-state index contributed by atoms with van der Waals surface area (Å²) in [6.45, 7) is 1.91. The van der Waals surface area contributed by atoms with E-state index in [4.69, 9.17) is 5.73 Å². The average Bonchev–Trinajstić information content (AvgIpc) is 2.85. The summed E-state index contributed by atoms with van der Waals surface area (Å²) < 4.78 is 15.9. The summed E-state index contributed by atoms with van der Waals surface area (Å²) in [6.07, 6.45) is 1.78. The van der Waals surface area contributed by atoms with Crippen LogP contribution in [0.1, 0.15) is 29.3 Å². The normalized spacial score (nSPS) is 18.1. The first-order valence-corrected chi connectivity index (χ1v) is 6.65. The zero-order valence-electron chi connectivity index (χ0n) is 9.95. The van der Waals surface area contributed by atoms with Crippen molar-refractivity contribution in [3.63, 3.8) is 0 Å². The summed E-state index contributed by atoms with van der Waals surface area (Å²) in [4.78, 5) is 0. The van der Waals surface area contributed by atoms with Gasteiger partial charge in [-0.2, -0.15) is 5.10 Å². The molecule has 0 spiro atoms. The lowest BCUT2D eigenvalue weighted by Gasteiger charge is -2.14. The van der Waals surface area contributed by atoms with Crippen LogP contribution in [0.4, 0.5) is 10.2 Å². The summed E-state index contributed by atoms with van der Waals surface area (Å²) in [6, 6.07) is 5.06. The van der Waals surface area contributed by atoms with Gasteiger partial charge in [-0.25, -0.2) is 9.07 Å². The van der Waals surface area contributed by atoms with E-state index in [0.717, 1.165) is 34.1 Å². The Morgan fingerprint density at radius 2 is 2.28 bits per heavy atom. The first-order valence-electron chi connectivity index (χ1n) is 5.86. The smallest absolute Gasteiger partial charge is 0.137 e. The Balaban J connectivity index is 2.09. The number of rotatable bonds is 1. The van der Waals surface area contributed by atoms with E-state index in [9.17, 15) is 4.39 Å². The van der Waals surface area contributed by atoms with Crippen LogP contribution in [-0.4, -0.2) is 9.78 Å². The molecule has 0 bridgehead atoms. The Bertz CT molecular complexity index is 621. The van der Waals surface area contributed by atoms with Crippen molar-refractivity contribution in [3.8, 4) is 0 Å². The Morgan fingerprint density at radius 3 is 2.94 bits per heavy atom. The van der Waals surface area contributed by atoms with Gasteiger partial charge in [0.1, 0.15) is 11.6 Å². The van der Waals surface area contributed by atoms with Crippen LogP contribution in [0.3, 0.4) is 0 Å². The second-order valence-corrected chi connectivity index (χ2v) is 5.42. The number of hydrogen-bond acceptors (Lipinski definition) is 2. The zero-order valence-corrected chi connectivity index (χ0v) is 11.5. The van der Waals surface area contributed by atoms with E-state index in [-0.39, 0.29) is 11.9 Å². The number of nitrogens with zero attached hydrogens (tertiary/aromatic N) is 2. The minimum absolute atomic E-state index is 0.116. The van der Waals surface area contributed by atoms with Gasteiger partial charge in [-0.05, 0) is 59.0 Å². The van der Waals surface area contributed by atoms with Gasteiger partial charge >= 0.3 is 0 Å². The lowest BCUT2D eigenvalue weighted by molar-refractivity contribution is 0.524. The lowest BCUT2D eigenvalue weighted by Crippen LogP contribution is -2.12. The first kappa shape index (κ1) is 11.7. The van der Waals surface area contributed by atoms with Crippen LogP contribution >= 0.6 is 15.9 Å². The molecule has 94 valence electrons. The molecular formula is C13H13BrFN3. The van der Waals surface area contributed by atoms with Gasteiger partial charge in [0.15, 0.2) is 0 Å². The van der Waals surface area contributed by atoms with Crippen LogP contribution in [0.15, 0.2) is 22.7 Å². The number of nitrogen functional groups attached to an aromatic ring is 1. The van der Waals surface area contributed by atoms with E-state index in [1.165, 1.54) is 6.07 Å². The van der Waals surface area contributed by atoms with E-state index in [1.54, 1.807) is 6.07 Å². The highest BCUT2D eigenvalue weighted by Gasteiger charge is 2.27. The van der Waals surface area contributed by atoms with Crippen molar-refractivity contribution < 1.29 is 4.39 Å². The van der Waals surface area contributed by atoms with E-state index in [2.05, 4.69) is 21.0 Å². The van der Waals surface area contributed by atoms with Crippen LogP contribution in [0.2, 0.25) is 0 Å². The summed E-state index contributed by atoms with van der Waals surface area (Å²) >= 11 is 3.43. The molecule has 0 radical (unpaired) electrons. The predicted octanol–water partition coefficient (Wildman–Crippen LogP) is 3.21. The monoisotopic (exact) mass is 309 g/mol. The molecule has 0 amide bonds.